The number of nitrogens with zero attached hydrogens (tertiary/aromatic N) is 1. The molecule has 0 aromatic heterocycles. The summed E-state index contributed by atoms with van der Waals surface area (Å²) in [6, 6.07) is 5.97. The van der Waals surface area contributed by atoms with Gasteiger partial charge in [-0.3, -0.25) is 4.90 Å². The van der Waals surface area contributed by atoms with Gasteiger partial charge in [0.25, 0.3) is 0 Å². The van der Waals surface area contributed by atoms with E-state index in [0.29, 0.717) is 13.1 Å². The molecular weight excluding hydrogens is 218 g/mol. The molecular formula is C13H19NO3. The van der Waals surface area contributed by atoms with Gasteiger partial charge in [0.2, 0.25) is 0 Å². The minimum atomic E-state index is -0.617. The zero-order valence-corrected chi connectivity index (χ0v) is 10.3. The van der Waals surface area contributed by atoms with Crippen LogP contribution in [-0.2, 0) is 6.54 Å². The van der Waals surface area contributed by atoms with Gasteiger partial charge in [-0.1, -0.05) is 6.07 Å². The minimum Gasteiger partial charge on any atom is -0.497 e. The Bertz CT molecular complexity index is 384. The van der Waals surface area contributed by atoms with Crippen LogP contribution in [-0.4, -0.2) is 47.5 Å². The Morgan fingerprint density at radius 1 is 1.29 bits per heavy atom. The maximum atomic E-state index is 9.49. The van der Waals surface area contributed by atoms with Crippen LogP contribution in [0.5, 0.6) is 5.75 Å². The molecule has 17 heavy (non-hydrogen) atoms. The molecule has 0 saturated carbocycles. The van der Waals surface area contributed by atoms with Gasteiger partial charge in [-0.25, -0.2) is 0 Å². The Labute approximate surface area is 101 Å². The van der Waals surface area contributed by atoms with Crippen molar-refractivity contribution in [1.29, 1.82) is 0 Å². The number of β-amino-alcohol motifs (C(OH)–C–C–N with tert-alkyl or cyclic N) is 2. The highest BCUT2D eigenvalue weighted by atomic mass is 16.5. The van der Waals surface area contributed by atoms with Gasteiger partial charge in [-0.05, 0) is 30.2 Å². The van der Waals surface area contributed by atoms with Crippen molar-refractivity contribution in [2.75, 3.05) is 20.2 Å². The molecule has 1 heterocycles. The summed E-state index contributed by atoms with van der Waals surface area (Å²) in [4.78, 5) is 2.06. The summed E-state index contributed by atoms with van der Waals surface area (Å²) in [5, 5.41) is 19.0. The van der Waals surface area contributed by atoms with Crippen LogP contribution in [0.2, 0.25) is 0 Å². The highest BCUT2D eigenvalue weighted by Gasteiger charge is 2.29. The van der Waals surface area contributed by atoms with Crippen LogP contribution < -0.4 is 4.74 Å². The molecule has 2 N–H and O–H groups in total. The van der Waals surface area contributed by atoms with Crippen molar-refractivity contribution in [3.8, 4) is 5.75 Å². The molecule has 0 spiro atoms. The van der Waals surface area contributed by atoms with Crippen molar-refractivity contribution in [3.63, 3.8) is 0 Å². The Morgan fingerprint density at radius 2 is 1.94 bits per heavy atom. The molecule has 1 aliphatic rings. The summed E-state index contributed by atoms with van der Waals surface area (Å²) in [5.41, 5.74) is 2.37. The van der Waals surface area contributed by atoms with E-state index in [1.807, 2.05) is 25.1 Å². The van der Waals surface area contributed by atoms with E-state index in [1.54, 1.807) is 7.11 Å². The first-order valence-electron chi connectivity index (χ1n) is 5.82. The minimum absolute atomic E-state index is 0.534. The standard InChI is InChI=1S/C13H19NO3/c1-9-5-11(17-2)4-3-10(9)6-14-7-12(15)13(16)8-14/h3-5,12-13,15-16H,6-8H2,1-2H3/t12-,13+. The second-order valence-electron chi connectivity index (χ2n) is 4.62. The third-order valence-electron chi connectivity index (χ3n) is 3.28. The summed E-state index contributed by atoms with van der Waals surface area (Å²) in [7, 11) is 1.65. The van der Waals surface area contributed by atoms with Gasteiger partial charge >= 0.3 is 0 Å². The zero-order valence-electron chi connectivity index (χ0n) is 10.3. The van der Waals surface area contributed by atoms with Gasteiger partial charge in [0, 0.05) is 19.6 Å². The van der Waals surface area contributed by atoms with E-state index >= 15 is 0 Å². The quantitative estimate of drug-likeness (QED) is 0.805. The van der Waals surface area contributed by atoms with E-state index in [-0.39, 0.29) is 0 Å². The number of aliphatic hydroxyl groups excluding tert-OH is 2. The Balaban J connectivity index is 2.04. The molecule has 0 aliphatic carbocycles. The highest BCUT2D eigenvalue weighted by molar-refractivity contribution is 5.34. The van der Waals surface area contributed by atoms with Crippen LogP contribution >= 0.6 is 0 Å². The fourth-order valence-electron chi connectivity index (χ4n) is 2.19. The molecule has 0 amide bonds. The van der Waals surface area contributed by atoms with Gasteiger partial charge in [0.15, 0.2) is 0 Å². The molecule has 0 bridgehead atoms. The van der Waals surface area contributed by atoms with Gasteiger partial charge in [0.1, 0.15) is 5.75 Å². The van der Waals surface area contributed by atoms with Crippen molar-refractivity contribution in [2.45, 2.75) is 25.7 Å². The van der Waals surface area contributed by atoms with Crippen molar-refractivity contribution >= 4 is 0 Å². The fourth-order valence-corrected chi connectivity index (χ4v) is 2.19. The Kier molecular flexibility index (Phi) is 3.66. The zero-order chi connectivity index (χ0) is 12.4. The molecule has 0 radical (unpaired) electrons. The summed E-state index contributed by atoms with van der Waals surface area (Å²) < 4.78 is 5.16. The first-order chi connectivity index (χ1) is 8.10. The summed E-state index contributed by atoms with van der Waals surface area (Å²) in [5.74, 6) is 0.854. The molecule has 1 saturated heterocycles. The molecule has 1 aromatic rings. The number of likely N-dealkylation sites (tertiary alicyclic amines) is 1. The third-order valence-corrected chi connectivity index (χ3v) is 3.28. The topological polar surface area (TPSA) is 52.9 Å². The van der Waals surface area contributed by atoms with Gasteiger partial charge in [-0.2, -0.15) is 0 Å². The Hall–Kier alpha value is -1.10. The van der Waals surface area contributed by atoms with Gasteiger partial charge in [0.05, 0.1) is 19.3 Å². The van der Waals surface area contributed by atoms with E-state index in [4.69, 9.17) is 4.74 Å². The highest BCUT2D eigenvalue weighted by Crippen LogP contribution is 2.20. The van der Waals surface area contributed by atoms with Crippen molar-refractivity contribution in [2.24, 2.45) is 0 Å². The SMILES string of the molecule is COc1ccc(CN2C[C@@H](O)[C@@H](O)C2)c(C)c1. The van der Waals surface area contributed by atoms with Gasteiger partial charge < -0.3 is 14.9 Å². The normalized spacial score (nSPS) is 25.2. The molecule has 2 atom stereocenters. The molecule has 4 nitrogen and oxygen atoms in total. The molecule has 1 aromatic carbocycles. The van der Waals surface area contributed by atoms with E-state index in [1.165, 1.54) is 11.1 Å². The average Bonchev–Trinajstić information content (AvgIpc) is 2.61. The number of ether oxygens (including phenoxy) is 1. The predicted octanol–water partition coefficient (Wildman–Crippen LogP) is 0.541. The number of methoxy groups -OCH3 is 1. The number of hydrogen-bond acceptors (Lipinski definition) is 4. The average molecular weight is 237 g/mol. The van der Waals surface area contributed by atoms with Gasteiger partial charge in [-0.15, -0.1) is 0 Å². The molecule has 2 rings (SSSR count). The van der Waals surface area contributed by atoms with E-state index in [2.05, 4.69) is 4.90 Å². The number of aliphatic hydroxyl groups is 2. The van der Waals surface area contributed by atoms with E-state index in [9.17, 15) is 10.2 Å². The molecule has 4 heteroatoms. The van der Waals surface area contributed by atoms with E-state index < -0.39 is 12.2 Å². The second-order valence-corrected chi connectivity index (χ2v) is 4.62. The fraction of sp³-hybridized carbons (Fsp3) is 0.538. The van der Waals surface area contributed by atoms with Crippen molar-refractivity contribution in [3.05, 3.63) is 29.3 Å². The van der Waals surface area contributed by atoms with Crippen LogP contribution in [0.1, 0.15) is 11.1 Å². The smallest absolute Gasteiger partial charge is 0.119 e. The maximum Gasteiger partial charge on any atom is 0.119 e. The number of hydrogen-bond donors (Lipinski definition) is 2. The lowest BCUT2D eigenvalue weighted by Gasteiger charge is -2.16. The molecule has 94 valence electrons. The summed E-state index contributed by atoms with van der Waals surface area (Å²) in [6.07, 6.45) is -1.23. The number of rotatable bonds is 3. The van der Waals surface area contributed by atoms with E-state index in [0.717, 1.165) is 12.3 Å². The predicted molar refractivity (Wildman–Crippen MR) is 65.0 cm³/mol. The lowest BCUT2D eigenvalue weighted by Crippen LogP contribution is -2.22. The molecule has 1 fully saturated rings. The maximum absolute atomic E-state index is 9.49. The monoisotopic (exact) mass is 237 g/mol. The Morgan fingerprint density at radius 3 is 2.47 bits per heavy atom. The van der Waals surface area contributed by atoms with Crippen molar-refractivity contribution < 1.29 is 14.9 Å². The van der Waals surface area contributed by atoms with Crippen LogP contribution in [0.4, 0.5) is 0 Å². The first kappa shape index (κ1) is 12.4. The van der Waals surface area contributed by atoms with Crippen LogP contribution in [0.3, 0.4) is 0 Å². The molecule has 1 aliphatic heterocycles. The number of benzene rings is 1. The van der Waals surface area contributed by atoms with Crippen LogP contribution in [0.25, 0.3) is 0 Å². The summed E-state index contributed by atoms with van der Waals surface area (Å²) in [6.45, 7) is 3.87. The second kappa shape index (κ2) is 5.04. The van der Waals surface area contributed by atoms with Crippen LogP contribution in [0.15, 0.2) is 18.2 Å². The summed E-state index contributed by atoms with van der Waals surface area (Å²) >= 11 is 0. The van der Waals surface area contributed by atoms with Crippen LogP contribution in [0, 0.1) is 6.92 Å². The number of aryl methyl sites for hydroxylation is 1. The third kappa shape index (κ3) is 2.77. The lowest BCUT2D eigenvalue weighted by atomic mass is 10.1. The van der Waals surface area contributed by atoms with Crippen molar-refractivity contribution in [1.82, 2.24) is 4.90 Å². The largest absolute Gasteiger partial charge is 0.497 e. The lowest BCUT2D eigenvalue weighted by molar-refractivity contribution is 0.0572. The first-order valence-corrected chi connectivity index (χ1v) is 5.82. The molecule has 0 unspecified atom stereocenters.